The molecule has 0 aliphatic heterocycles. The van der Waals surface area contributed by atoms with Crippen LogP contribution in [0.5, 0.6) is 0 Å². The number of furan rings is 2. The molecule has 0 fully saturated rings. The predicted molar refractivity (Wildman–Crippen MR) is 421 cm³/mol. The second kappa shape index (κ2) is 21.6. The fraction of sp³-hybridized carbons (Fsp3) is 0.0323. The Bertz CT molecular complexity index is 6630. The number of hydrogen-bond acceptors (Lipinski definition) is 2. The van der Waals surface area contributed by atoms with E-state index in [1.54, 1.807) is 0 Å². The van der Waals surface area contributed by atoms with Gasteiger partial charge in [0.25, 0.3) is 0 Å². The van der Waals surface area contributed by atoms with Crippen molar-refractivity contribution < 1.29 is 8.83 Å². The average Bonchev–Trinajstić information content (AvgIpc) is 1.56. The standard InChI is InChI=1S/C93H61BN4O2/c1-56-44-57(2)93(58(3)45-56)94(63-22-18-26-67(50-63)97-83-36-12-6-30-71(83)77-52-75-69-28-4-10-34-81(69)95(85(75)54-87(77)97)65-24-16-20-59(46-65)61-40-42-91-79(48-61)73-32-8-14-38-89(73)99-91)64-23-19-27-68(51-64)98-84-37-13-7-31-72(84)78-53-76-70-29-5-11-35-82(70)96(86(76)55-88(78)98)66-25-17-21-60(47-66)62-41-43-92-80(49-62)74-33-9-15-39-90(74)100-92/h4-55H,1-3H3. The van der Waals surface area contributed by atoms with Crippen LogP contribution in [0.4, 0.5) is 0 Å². The van der Waals surface area contributed by atoms with E-state index in [1.165, 1.54) is 87.2 Å². The molecular weight excluding hydrogens is 1220 g/mol. The zero-order chi connectivity index (χ0) is 66.0. The summed E-state index contributed by atoms with van der Waals surface area (Å²) in [6.45, 7) is 6.70. The Balaban J connectivity index is 0.725. The van der Waals surface area contributed by atoms with Crippen molar-refractivity contribution >= 4 is 154 Å². The third-order valence-corrected chi connectivity index (χ3v) is 21.5. The zero-order valence-electron chi connectivity index (χ0n) is 55.2. The molecule has 6 heterocycles. The van der Waals surface area contributed by atoms with Crippen LogP contribution in [0.3, 0.4) is 0 Å². The van der Waals surface area contributed by atoms with E-state index in [0.717, 1.165) is 122 Å². The molecule has 6 nitrogen and oxygen atoms in total. The predicted octanol–water partition coefficient (Wildman–Crippen LogP) is 22.6. The molecule has 21 aromatic rings. The number of benzene rings is 15. The van der Waals surface area contributed by atoms with E-state index in [9.17, 15) is 0 Å². The first kappa shape index (κ1) is 56.4. The Morgan fingerprint density at radius 3 is 0.930 bits per heavy atom. The van der Waals surface area contributed by atoms with Crippen LogP contribution in [0, 0.1) is 20.8 Å². The van der Waals surface area contributed by atoms with Crippen LogP contribution >= 0.6 is 0 Å². The Hall–Kier alpha value is -12.8. The lowest BCUT2D eigenvalue weighted by Crippen LogP contribution is -2.54. The van der Waals surface area contributed by atoms with Crippen molar-refractivity contribution in [3.05, 3.63) is 332 Å². The molecule has 15 aromatic carbocycles. The third-order valence-electron chi connectivity index (χ3n) is 21.5. The highest BCUT2D eigenvalue weighted by Gasteiger charge is 2.29. The second-order valence-electron chi connectivity index (χ2n) is 27.3. The van der Waals surface area contributed by atoms with Crippen molar-refractivity contribution in [3.63, 3.8) is 0 Å². The van der Waals surface area contributed by atoms with Gasteiger partial charge in [0.2, 0.25) is 6.71 Å². The molecule has 0 saturated heterocycles. The summed E-state index contributed by atoms with van der Waals surface area (Å²) >= 11 is 0. The smallest absolute Gasteiger partial charge is 0.242 e. The third kappa shape index (κ3) is 8.45. The maximum Gasteiger partial charge on any atom is 0.242 e. The van der Waals surface area contributed by atoms with Gasteiger partial charge < -0.3 is 27.1 Å². The number of para-hydroxylation sites is 6. The maximum atomic E-state index is 6.28. The Labute approximate surface area is 575 Å². The highest BCUT2D eigenvalue weighted by molar-refractivity contribution is 6.96. The minimum absolute atomic E-state index is 0.120. The van der Waals surface area contributed by atoms with Crippen molar-refractivity contribution in [2.24, 2.45) is 0 Å². The van der Waals surface area contributed by atoms with Crippen LogP contribution in [-0.2, 0) is 0 Å². The van der Waals surface area contributed by atoms with E-state index in [1.807, 2.05) is 24.3 Å². The summed E-state index contributed by atoms with van der Waals surface area (Å²) in [4.78, 5) is 0. The van der Waals surface area contributed by atoms with E-state index in [4.69, 9.17) is 8.83 Å². The Morgan fingerprint density at radius 1 is 0.220 bits per heavy atom. The summed E-state index contributed by atoms with van der Waals surface area (Å²) in [7, 11) is 0. The Kier molecular flexibility index (Phi) is 12.2. The summed E-state index contributed by atoms with van der Waals surface area (Å²) in [6.07, 6.45) is 0. The van der Waals surface area contributed by atoms with Gasteiger partial charge in [-0.1, -0.05) is 215 Å². The van der Waals surface area contributed by atoms with Crippen LogP contribution in [0.2, 0.25) is 0 Å². The minimum Gasteiger partial charge on any atom is -0.456 e. The lowest BCUT2D eigenvalue weighted by molar-refractivity contribution is 0.668. The van der Waals surface area contributed by atoms with Crippen molar-refractivity contribution in [2.45, 2.75) is 20.8 Å². The van der Waals surface area contributed by atoms with Crippen molar-refractivity contribution in [1.82, 2.24) is 18.3 Å². The lowest BCUT2D eigenvalue weighted by atomic mass is 9.35. The largest absolute Gasteiger partial charge is 0.456 e. The van der Waals surface area contributed by atoms with Gasteiger partial charge in [-0.15, -0.1) is 0 Å². The molecule has 0 spiro atoms. The van der Waals surface area contributed by atoms with Crippen molar-refractivity contribution in [2.75, 3.05) is 0 Å². The first-order chi connectivity index (χ1) is 49.3. The Morgan fingerprint density at radius 2 is 0.540 bits per heavy atom. The topological polar surface area (TPSA) is 46.0 Å². The quantitative estimate of drug-likeness (QED) is 0.135. The number of rotatable bonds is 9. The van der Waals surface area contributed by atoms with Gasteiger partial charge in [0.15, 0.2) is 0 Å². The molecule has 0 unspecified atom stereocenters. The van der Waals surface area contributed by atoms with Crippen LogP contribution in [0.15, 0.2) is 324 Å². The van der Waals surface area contributed by atoms with Gasteiger partial charge in [-0.2, -0.15) is 0 Å². The second-order valence-corrected chi connectivity index (χ2v) is 27.3. The normalized spacial score (nSPS) is 12.2. The molecule has 6 aromatic heterocycles. The number of fused-ring (bicyclic) bond motifs is 18. The van der Waals surface area contributed by atoms with Crippen molar-refractivity contribution in [1.29, 1.82) is 0 Å². The summed E-state index contributed by atoms with van der Waals surface area (Å²) in [5.74, 6) is 0. The molecule has 7 heteroatoms. The summed E-state index contributed by atoms with van der Waals surface area (Å²) in [5, 5.41) is 14.2. The van der Waals surface area contributed by atoms with Gasteiger partial charge in [-0.05, 0) is 176 Å². The van der Waals surface area contributed by atoms with E-state index in [-0.39, 0.29) is 6.71 Å². The van der Waals surface area contributed by atoms with Gasteiger partial charge in [-0.25, -0.2) is 0 Å². The number of hydrogen-bond donors (Lipinski definition) is 0. The van der Waals surface area contributed by atoms with Gasteiger partial charge in [-0.3, -0.25) is 0 Å². The fourth-order valence-corrected chi connectivity index (χ4v) is 17.3. The maximum absolute atomic E-state index is 6.28. The van der Waals surface area contributed by atoms with E-state index in [0.29, 0.717) is 0 Å². The van der Waals surface area contributed by atoms with E-state index in [2.05, 4.69) is 330 Å². The average molecular weight is 1280 g/mol. The summed E-state index contributed by atoms with van der Waals surface area (Å²) in [5.41, 5.74) is 29.4. The van der Waals surface area contributed by atoms with Gasteiger partial charge in [0.05, 0.1) is 44.1 Å². The number of aryl methyl sites for hydroxylation is 3. The first-order valence-electron chi connectivity index (χ1n) is 34.6. The van der Waals surface area contributed by atoms with Crippen molar-refractivity contribution in [3.8, 4) is 45.0 Å². The summed E-state index contributed by atoms with van der Waals surface area (Å²) < 4.78 is 22.5. The molecule has 0 radical (unpaired) electrons. The molecule has 0 aliphatic rings. The highest BCUT2D eigenvalue weighted by Crippen LogP contribution is 2.44. The molecule has 0 aliphatic carbocycles. The molecule has 0 saturated carbocycles. The van der Waals surface area contributed by atoms with E-state index < -0.39 is 0 Å². The molecular formula is C93H61BN4O2. The molecule has 0 N–H and O–H groups in total. The van der Waals surface area contributed by atoms with Gasteiger partial charge in [0.1, 0.15) is 22.3 Å². The monoisotopic (exact) mass is 1280 g/mol. The van der Waals surface area contributed by atoms with Gasteiger partial charge in [0, 0.05) is 87.4 Å². The SMILES string of the molecule is Cc1cc(C)c(B(c2cccc(-n3c4ccccc4c4cc5c6ccccc6n(-c6cccc(-c7ccc8oc9ccccc9c8c7)c6)c5cc43)c2)c2cccc(-n3c4ccccc4c4cc5c6ccccc6n(-c6cccc(-c7ccc8oc9ccccc9c8c7)c6)c5cc43)c2)c(C)c1. The molecule has 0 bridgehead atoms. The molecule has 21 rings (SSSR count). The van der Waals surface area contributed by atoms with Crippen LogP contribution < -0.4 is 16.4 Å². The lowest BCUT2D eigenvalue weighted by Gasteiger charge is -2.23. The highest BCUT2D eigenvalue weighted by atomic mass is 16.3. The molecule has 0 atom stereocenters. The fourth-order valence-electron chi connectivity index (χ4n) is 17.3. The van der Waals surface area contributed by atoms with Crippen LogP contribution in [0.1, 0.15) is 16.7 Å². The molecule has 0 amide bonds. The number of nitrogens with zero attached hydrogens (tertiary/aromatic N) is 4. The van der Waals surface area contributed by atoms with Crippen LogP contribution in [0.25, 0.3) is 176 Å². The van der Waals surface area contributed by atoms with Crippen LogP contribution in [-0.4, -0.2) is 25.0 Å². The number of aromatic nitrogens is 4. The first-order valence-corrected chi connectivity index (χ1v) is 34.6. The summed E-state index contributed by atoms with van der Waals surface area (Å²) in [6, 6.07) is 117. The minimum atomic E-state index is -0.120. The van der Waals surface area contributed by atoms with Gasteiger partial charge >= 0.3 is 0 Å². The zero-order valence-corrected chi connectivity index (χ0v) is 55.2. The van der Waals surface area contributed by atoms with E-state index >= 15 is 0 Å². The molecule has 468 valence electrons. The molecule has 100 heavy (non-hydrogen) atoms.